The number of anilines is 1. The minimum absolute atomic E-state index is 0.520. The largest absolute Gasteiger partial charge is 0.398 e. The number of rotatable bonds is 2. The van der Waals surface area contributed by atoms with Gasteiger partial charge in [0.2, 0.25) is 0 Å². The molecule has 2 nitrogen and oxygen atoms in total. The second-order valence-electron chi connectivity index (χ2n) is 3.32. The SMILES string of the molecule is CC(C)c1ccc(N)c(CN)c1. The van der Waals surface area contributed by atoms with E-state index in [1.807, 2.05) is 6.07 Å². The Morgan fingerprint density at radius 2 is 2.00 bits per heavy atom. The molecule has 0 radical (unpaired) electrons. The van der Waals surface area contributed by atoms with E-state index in [1.165, 1.54) is 5.56 Å². The van der Waals surface area contributed by atoms with E-state index >= 15 is 0 Å². The van der Waals surface area contributed by atoms with Crippen LogP contribution in [-0.4, -0.2) is 0 Å². The predicted octanol–water partition coefficient (Wildman–Crippen LogP) is 1.85. The molecule has 0 aromatic heterocycles. The van der Waals surface area contributed by atoms with E-state index in [2.05, 4.69) is 26.0 Å². The molecule has 0 aliphatic rings. The van der Waals surface area contributed by atoms with E-state index in [4.69, 9.17) is 11.5 Å². The maximum absolute atomic E-state index is 5.72. The van der Waals surface area contributed by atoms with Gasteiger partial charge in [0.15, 0.2) is 0 Å². The van der Waals surface area contributed by atoms with Gasteiger partial charge in [-0.1, -0.05) is 26.0 Å². The lowest BCUT2D eigenvalue weighted by molar-refractivity contribution is 0.862. The lowest BCUT2D eigenvalue weighted by atomic mass is 10.00. The molecule has 0 spiro atoms. The Balaban J connectivity index is 3.05. The summed E-state index contributed by atoms with van der Waals surface area (Å²) in [5.41, 5.74) is 14.4. The standard InChI is InChI=1S/C10H16N2/c1-7(2)8-3-4-10(12)9(5-8)6-11/h3-5,7H,6,11-12H2,1-2H3. The van der Waals surface area contributed by atoms with Crippen LogP contribution < -0.4 is 11.5 Å². The number of nitrogens with two attached hydrogens (primary N) is 2. The second-order valence-corrected chi connectivity index (χ2v) is 3.32. The van der Waals surface area contributed by atoms with Crippen molar-refractivity contribution in [3.8, 4) is 0 Å². The van der Waals surface area contributed by atoms with Gasteiger partial charge >= 0.3 is 0 Å². The molecule has 0 aliphatic carbocycles. The highest BCUT2D eigenvalue weighted by molar-refractivity contribution is 5.48. The van der Waals surface area contributed by atoms with Gasteiger partial charge in [-0.3, -0.25) is 0 Å². The first kappa shape index (κ1) is 9.07. The van der Waals surface area contributed by atoms with Crippen molar-refractivity contribution >= 4 is 5.69 Å². The molecule has 1 rings (SSSR count). The summed E-state index contributed by atoms with van der Waals surface area (Å²) in [6.45, 7) is 4.84. The Morgan fingerprint density at radius 3 is 2.50 bits per heavy atom. The fourth-order valence-electron chi connectivity index (χ4n) is 1.16. The van der Waals surface area contributed by atoms with Crippen LogP contribution >= 0.6 is 0 Å². The van der Waals surface area contributed by atoms with Gasteiger partial charge in [0.25, 0.3) is 0 Å². The third kappa shape index (κ3) is 1.77. The van der Waals surface area contributed by atoms with E-state index in [0.717, 1.165) is 11.3 Å². The molecule has 1 aromatic carbocycles. The van der Waals surface area contributed by atoms with E-state index in [1.54, 1.807) is 0 Å². The molecular formula is C10H16N2. The zero-order chi connectivity index (χ0) is 9.14. The van der Waals surface area contributed by atoms with E-state index in [0.29, 0.717) is 12.5 Å². The molecule has 0 saturated heterocycles. The van der Waals surface area contributed by atoms with Gasteiger partial charge in [0.05, 0.1) is 0 Å². The third-order valence-electron chi connectivity index (χ3n) is 2.05. The lowest BCUT2D eigenvalue weighted by Crippen LogP contribution is -2.02. The smallest absolute Gasteiger partial charge is 0.0359 e. The highest BCUT2D eigenvalue weighted by Gasteiger charge is 2.01. The van der Waals surface area contributed by atoms with Crippen LogP contribution in [0.25, 0.3) is 0 Å². The quantitative estimate of drug-likeness (QED) is 0.655. The molecule has 0 saturated carbocycles. The highest BCUT2D eigenvalue weighted by atomic mass is 14.6. The van der Waals surface area contributed by atoms with Crippen molar-refractivity contribution in [1.29, 1.82) is 0 Å². The predicted molar refractivity (Wildman–Crippen MR) is 52.8 cm³/mol. The maximum Gasteiger partial charge on any atom is 0.0359 e. The van der Waals surface area contributed by atoms with Crippen LogP contribution in [0.3, 0.4) is 0 Å². The summed E-state index contributed by atoms with van der Waals surface area (Å²) in [6.07, 6.45) is 0. The van der Waals surface area contributed by atoms with Crippen LogP contribution in [-0.2, 0) is 6.54 Å². The summed E-state index contributed by atoms with van der Waals surface area (Å²) >= 11 is 0. The molecule has 0 heterocycles. The van der Waals surface area contributed by atoms with E-state index in [9.17, 15) is 0 Å². The molecule has 1 aromatic rings. The monoisotopic (exact) mass is 164 g/mol. The van der Waals surface area contributed by atoms with Gasteiger partial charge in [0, 0.05) is 12.2 Å². The fraction of sp³-hybridized carbons (Fsp3) is 0.400. The van der Waals surface area contributed by atoms with Gasteiger partial charge in [0.1, 0.15) is 0 Å². The summed E-state index contributed by atoms with van der Waals surface area (Å²) in [5.74, 6) is 0.538. The van der Waals surface area contributed by atoms with Crippen LogP contribution in [0.2, 0.25) is 0 Å². The Hall–Kier alpha value is -1.02. The Labute approximate surface area is 73.6 Å². The first-order chi connectivity index (χ1) is 5.65. The van der Waals surface area contributed by atoms with Crippen molar-refractivity contribution in [3.63, 3.8) is 0 Å². The summed E-state index contributed by atoms with van der Waals surface area (Å²) in [5, 5.41) is 0. The Kier molecular flexibility index (Phi) is 2.71. The van der Waals surface area contributed by atoms with Gasteiger partial charge in [-0.2, -0.15) is 0 Å². The Morgan fingerprint density at radius 1 is 1.33 bits per heavy atom. The van der Waals surface area contributed by atoms with Crippen LogP contribution in [0.1, 0.15) is 30.9 Å². The fourth-order valence-corrected chi connectivity index (χ4v) is 1.16. The first-order valence-electron chi connectivity index (χ1n) is 4.23. The normalized spacial score (nSPS) is 10.7. The minimum atomic E-state index is 0.520. The number of benzene rings is 1. The molecule has 66 valence electrons. The zero-order valence-electron chi connectivity index (χ0n) is 7.67. The summed E-state index contributed by atoms with van der Waals surface area (Å²) in [7, 11) is 0. The molecule has 2 heteroatoms. The average Bonchev–Trinajstić information content (AvgIpc) is 2.05. The van der Waals surface area contributed by atoms with Crippen LogP contribution in [0.5, 0.6) is 0 Å². The molecule has 0 aliphatic heterocycles. The summed E-state index contributed by atoms with van der Waals surface area (Å²) in [6, 6.07) is 6.07. The Bertz CT molecular complexity index is 267. The molecule has 0 amide bonds. The molecule has 0 bridgehead atoms. The van der Waals surface area contributed by atoms with Gasteiger partial charge in [-0.15, -0.1) is 0 Å². The van der Waals surface area contributed by atoms with E-state index < -0.39 is 0 Å². The molecule has 12 heavy (non-hydrogen) atoms. The van der Waals surface area contributed by atoms with Crippen LogP contribution in [0.15, 0.2) is 18.2 Å². The summed E-state index contributed by atoms with van der Waals surface area (Å²) in [4.78, 5) is 0. The van der Waals surface area contributed by atoms with Crippen molar-refractivity contribution in [3.05, 3.63) is 29.3 Å². The number of hydrogen-bond acceptors (Lipinski definition) is 2. The summed E-state index contributed by atoms with van der Waals surface area (Å²) < 4.78 is 0. The van der Waals surface area contributed by atoms with Crippen molar-refractivity contribution < 1.29 is 0 Å². The molecule has 0 unspecified atom stereocenters. The van der Waals surface area contributed by atoms with Crippen LogP contribution in [0, 0.1) is 0 Å². The third-order valence-corrected chi connectivity index (χ3v) is 2.05. The van der Waals surface area contributed by atoms with Crippen molar-refractivity contribution in [1.82, 2.24) is 0 Å². The number of hydrogen-bond donors (Lipinski definition) is 2. The van der Waals surface area contributed by atoms with Gasteiger partial charge in [-0.05, 0) is 23.1 Å². The van der Waals surface area contributed by atoms with Crippen molar-refractivity contribution in [2.75, 3.05) is 5.73 Å². The second kappa shape index (κ2) is 3.59. The molecule has 0 atom stereocenters. The lowest BCUT2D eigenvalue weighted by Gasteiger charge is -2.09. The van der Waals surface area contributed by atoms with Crippen molar-refractivity contribution in [2.24, 2.45) is 5.73 Å². The van der Waals surface area contributed by atoms with Gasteiger partial charge < -0.3 is 11.5 Å². The highest BCUT2D eigenvalue weighted by Crippen LogP contribution is 2.19. The topological polar surface area (TPSA) is 52.0 Å². The van der Waals surface area contributed by atoms with E-state index in [-0.39, 0.29) is 0 Å². The first-order valence-corrected chi connectivity index (χ1v) is 4.23. The average molecular weight is 164 g/mol. The molecule has 0 fully saturated rings. The van der Waals surface area contributed by atoms with Gasteiger partial charge in [-0.25, -0.2) is 0 Å². The minimum Gasteiger partial charge on any atom is -0.398 e. The maximum atomic E-state index is 5.72. The molecular weight excluding hydrogens is 148 g/mol. The zero-order valence-corrected chi connectivity index (χ0v) is 7.67. The van der Waals surface area contributed by atoms with Crippen molar-refractivity contribution in [2.45, 2.75) is 26.3 Å². The molecule has 4 N–H and O–H groups in total. The van der Waals surface area contributed by atoms with Crippen LogP contribution in [0.4, 0.5) is 5.69 Å². The number of nitrogen functional groups attached to an aromatic ring is 1.